The van der Waals surface area contributed by atoms with Crippen LogP contribution >= 0.6 is 7.14 Å². The molecule has 0 N–H and O–H groups in total. The fraction of sp³-hybridized carbons (Fsp3) is 0.0182. The van der Waals surface area contributed by atoms with Gasteiger partial charge in [0.1, 0.15) is 11.5 Å². The third-order valence-corrected chi connectivity index (χ3v) is 15.6. The van der Waals surface area contributed by atoms with Crippen LogP contribution in [0.5, 0.6) is 11.5 Å². The summed E-state index contributed by atoms with van der Waals surface area (Å²) in [6.45, 7) is 0. The molecule has 1 aromatic heterocycles. The Morgan fingerprint density at radius 1 is 0.383 bits per heavy atom. The first kappa shape index (κ1) is 34.6. The minimum Gasteiger partial charge on any atom is -0.457 e. The van der Waals surface area contributed by atoms with Gasteiger partial charge >= 0.3 is 0 Å². The number of nitrogens with zero attached hydrogens (tertiary/aromatic N) is 2. The largest absolute Gasteiger partial charge is 0.457 e. The lowest BCUT2D eigenvalue weighted by Crippen LogP contribution is -2.39. The SMILES string of the molecule is O=P(c1ccccc1)(c1ccccc1)c1ccc(-n2c3ccccc3c3cc4c(cc32)Oc2ccccc2C42c3ccccc3N(c3ccccc3)c3ccccc32)cc1. The Morgan fingerprint density at radius 3 is 1.55 bits per heavy atom. The summed E-state index contributed by atoms with van der Waals surface area (Å²) >= 11 is 0. The van der Waals surface area contributed by atoms with E-state index in [4.69, 9.17) is 4.74 Å². The van der Waals surface area contributed by atoms with Crippen molar-refractivity contribution in [3.63, 3.8) is 0 Å². The molecule has 60 heavy (non-hydrogen) atoms. The van der Waals surface area contributed by atoms with E-state index in [-0.39, 0.29) is 0 Å². The number of ether oxygens (including phenoxy) is 1. The predicted molar refractivity (Wildman–Crippen MR) is 247 cm³/mol. The molecule has 10 aromatic rings. The molecule has 2 aliphatic rings. The molecule has 2 aliphatic heterocycles. The van der Waals surface area contributed by atoms with Crippen LogP contribution in [0.1, 0.15) is 22.3 Å². The highest BCUT2D eigenvalue weighted by atomic mass is 31.2. The van der Waals surface area contributed by atoms with E-state index in [1.807, 2.05) is 72.8 Å². The first-order chi connectivity index (χ1) is 29.7. The van der Waals surface area contributed by atoms with Gasteiger partial charge in [-0.15, -0.1) is 0 Å². The zero-order valence-corrected chi connectivity index (χ0v) is 33.4. The van der Waals surface area contributed by atoms with Gasteiger partial charge in [0.2, 0.25) is 0 Å². The van der Waals surface area contributed by atoms with E-state index in [0.717, 1.165) is 83.1 Å². The predicted octanol–water partition coefficient (Wildman–Crippen LogP) is 12.7. The standard InChI is InChI=1S/C55H37N2O2P/c58-60(40-20-6-2-7-21-40,41-22-8-3-9-23-41)42-34-32-39(33-35-42)56-49-28-14-10-24-43(49)44-36-48-54(37-52(44)56)59-53-31-17-13-27-47(53)55(48)45-25-11-15-29-50(45)57(38-18-4-1-5-19-38)51-30-16-12-26-46(51)55/h1-37H. The van der Waals surface area contributed by atoms with Crippen LogP contribution in [0.2, 0.25) is 0 Å². The van der Waals surface area contributed by atoms with E-state index >= 15 is 4.57 Å². The molecule has 284 valence electrons. The Balaban J connectivity index is 1.11. The van der Waals surface area contributed by atoms with E-state index < -0.39 is 12.6 Å². The van der Waals surface area contributed by atoms with Gasteiger partial charge in [0, 0.05) is 55.3 Å². The van der Waals surface area contributed by atoms with E-state index in [1.165, 1.54) is 11.1 Å². The minimum absolute atomic E-state index is 0.683. The van der Waals surface area contributed by atoms with Gasteiger partial charge in [-0.05, 0) is 77.9 Å². The molecule has 5 heteroatoms. The van der Waals surface area contributed by atoms with Crippen molar-refractivity contribution in [3.05, 3.63) is 247 Å². The van der Waals surface area contributed by atoms with Crippen molar-refractivity contribution >= 4 is 61.9 Å². The van der Waals surface area contributed by atoms with Crippen LogP contribution in [0.4, 0.5) is 17.1 Å². The average molecular weight is 789 g/mol. The number of benzene rings is 9. The number of rotatable bonds is 5. The molecular weight excluding hydrogens is 752 g/mol. The van der Waals surface area contributed by atoms with Gasteiger partial charge in [0.15, 0.2) is 7.14 Å². The smallest absolute Gasteiger partial charge is 0.171 e. The Kier molecular flexibility index (Phi) is 7.69. The number of hydrogen-bond donors (Lipinski definition) is 0. The van der Waals surface area contributed by atoms with Gasteiger partial charge in [-0.3, -0.25) is 0 Å². The summed E-state index contributed by atoms with van der Waals surface area (Å²) in [4.78, 5) is 2.40. The Bertz CT molecular complexity index is 3230. The maximum absolute atomic E-state index is 15.3. The van der Waals surface area contributed by atoms with Crippen LogP contribution in [0.3, 0.4) is 0 Å². The molecule has 0 radical (unpaired) electrons. The summed E-state index contributed by atoms with van der Waals surface area (Å²) in [7, 11) is -3.15. The molecule has 3 heterocycles. The Morgan fingerprint density at radius 2 is 0.900 bits per heavy atom. The van der Waals surface area contributed by atoms with Crippen LogP contribution < -0.4 is 25.6 Å². The summed E-state index contributed by atoms with van der Waals surface area (Å²) < 4.78 is 24.7. The highest BCUT2D eigenvalue weighted by Gasteiger charge is 2.51. The van der Waals surface area contributed by atoms with Crippen molar-refractivity contribution in [2.45, 2.75) is 5.41 Å². The molecule has 0 fully saturated rings. The molecule has 0 saturated heterocycles. The number of hydrogen-bond acceptors (Lipinski definition) is 3. The third-order valence-electron chi connectivity index (χ3n) is 12.5. The van der Waals surface area contributed by atoms with Crippen LogP contribution in [0.15, 0.2) is 224 Å². The molecule has 0 unspecified atom stereocenters. The summed E-state index contributed by atoms with van der Waals surface area (Å²) in [5.41, 5.74) is 10.4. The van der Waals surface area contributed by atoms with E-state index in [0.29, 0.717) is 0 Å². The van der Waals surface area contributed by atoms with Crippen molar-refractivity contribution in [2.75, 3.05) is 4.90 Å². The molecule has 4 nitrogen and oxygen atoms in total. The second-order valence-corrected chi connectivity index (χ2v) is 18.3. The maximum atomic E-state index is 15.3. The zero-order chi connectivity index (χ0) is 39.8. The molecule has 12 rings (SSSR count). The molecule has 0 saturated carbocycles. The Hall–Kier alpha value is -7.39. The van der Waals surface area contributed by atoms with Gasteiger partial charge < -0.3 is 18.8 Å². The highest BCUT2D eigenvalue weighted by molar-refractivity contribution is 7.85. The van der Waals surface area contributed by atoms with Crippen LogP contribution in [-0.2, 0) is 9.98 Å². The second kappa shape index (κ2) is 13.3. The van der Waals surface area contributed by atoms with Crippen molar-refractivity contribution in [1.82, 2.24) is 4.57 Å². The number of para-hydroxylation sites is 5. The first-order valence-electron chi connectivity index (χ1n) is 20.4. The monoisotopic (exact) mass is 788 g/mol. The average Bonchev–Trinajstić information content (AvgIpc) is 3.64. The number of fused-ring (bicyclic) bond motifs is 11. The van der Waals surface area contributed by atoms with Gasteiger partial charge in [-0.1, -0.05) is 152 Å². The first-order valence-corrected chi connectivity index (χ1v) is 22.1. The lowest BCUT2D eigenvalue weighted by atomic mass is 9.61. The summed E-state index contributed by atoms with van der Waals surface area (Å²) in [5.74, 6) is 1.66. The van der Waals surface area contributed by atoms with Crippen LogP contribution in [0.25, 0.3) is 27.5 Å². The van der Waals surface area contributed by atoms with Crippen molar-refractivity contribution in [1.29, 1.82) is 0 Å². The summed E-state index contributed by atoms with van der Waals surface area (Å²) in [6.07, 6.45) is 0. The topological polar surface area (TPSA) is 34.5 Å². The Labute approximate surface area is 348 Å². The summed E-state index contributed by atoms with van der Waals surface area (Å²) in [5, 5.41) is 4.71. The lowest BCUT2D eigenvalue weighted by Gasteiger charge is -2.48. The zero-order valence-electron chi connectivity index (χ0n) is 32.5. The fourth-order valence-corrected chi connectivity index (χ4v) is 12.6. The van der Waals surface area contributed by atoms with Crippen molar-refractivity contribution < 1.29 is 9.30 Å². The van der Waals surface area contributed by atoms with Crippen LogP contribution in [-0.4, -0.2) is 4.57 Å². The third kappa shape index (κ3) is 4.83. The molecule has 0 amide bonds. The summed E-state index contributed by atoms with van der Waals surface area (Å²) in [6, 6.07) is 78.2. The quantitative estimate of drug-likeness (QED) is 0.163. The molecule has 0 atom stereocenters. The second-order valence-electron chi connectivity index (χ2n) is 15.6. The van der Waals surface area contributed by atoms with Gasteiger partial charge in [-0.25, -0.2) is 0 Å². The van der Waals surface area contributed by atoms with E-state index in [2.05, 4.69) is 161 Å². The molecule has 0 aliphatic carbocycles. The van der Waals surface area contributed by atoms with E-state index in [9.17, 15) is 0 Å². The molecule has 0 bridgehead atoms. The van der Waals surface area contributed by atoms with Gasteiger partial charge in [0.25, 0.3) is 0 Å². The van der Waals surface area contributed by atoms with E-state index in [1.54, 1.807) is 0 Å². The van der Waals surface area contributed by atoms with Gasteiger partial charge in [-0.2, -0.15) is 0 Å². The normalized spacial score (nSPS) is 13.6. The van der Waals surface area contributed by atoms with Crippen LogP contribution in [0, 0.1) is 0 Å². The minimum atomic E-state index is -3.15. The van der Waals surface area contributed by atoms with Crippen molar-refractivity contribution in [2.24, 2.45) is 0 Å². The maximum Gasteiger partial charge on any atom is 0.171 e. The fourth-order valence-electron chi connectivity index (χ4n) is 10.00. The molecule has 9 aromatic carbocycles. The van der Waals surface area contributed by atoms with Crippen molar-refractivity contribution in [3.8, 4) is 17.2 Å². The molecule has 1 spiro atoms. The number of anilines is 3. The highest BCUT2D eigenvalue weighted by Crippen LogP contribution is 2.63. The lowest BCUT2D eigenvalue weighted by molar-refractivity contribution is 0.435. The number of aromatic nitrogens is 1. The molecular formula is C55H37N2O2P. The van der Waals surface area contributed by atoms with Gasteiger partial charge in [0.05, 0.1) is 27.8 Å².